The molecule has 0 spiro atoms. The molecule has 0 aliphatic carbocycles. The lowest BCUT2D eigenvalue weighted by Crippen LogP contribution is -2.20. The van der Waals surface area contributed by atoms with Crippen LogP contribution in [0.25, 0.3) is 124 Å². The lowest BCUT2D eigenvalue weighted by atomic mass is 10.1. The number of pyridine rings is 4. The summed E-state index contributed by atoms with van der Waals surface area (Å²) in [5, 5.41) is 44.4. The fourth-order valence-electron chi connectivity index (χ4n) is 15.3. The maximum atomic E-state index is 13.6. The SMILES string of the molecule is CN(Cc1n[nH]c(=O)[nH]1)c1nccc(-c2c(-c3ccc(F)cc3)nc3cc(CO)ccn23)n1.CNc1nccc(-c2c(-c3ccc(F)cc3)nc3cc(CN(C)Cc4ccccc4)ccn23)n1.OCc1ccn2c(-c3ccnc(NCc4cccc(-c5cnc[nH]5)c4)n3)c(-c3ccc(F)cc3)nc2c1.OCc1ccn2c(-c3ccnc(NCc4cncs4)n3)c(-c3ccc(F)cc3)nc2c1. The maximum Gasteiger partial charge on any atom is 0.340 e. The van der Waals surface area contributed by atoms with E-state index in [4.69, 9.17) is 29.9 Å². The molecule has 21 rings (SSSR count). The van der Waals surface area contributed by atoms with Crippen LogP contribution in [0.3, 0.4) is 0 Å². The van der Waals surface area contributed by atoms with E-state index in [1.807, 2.05) is 109 Å². The minimum atomic E-state index is -0.384. The topological polar surface area (TPSA) is 379 Å². The summed E-state index contributed by atoms with van der Waals surface area (Å²) < 4.78 is 62.0. The van der Waals surface area contributed by atoms with Crippen LogP contribution in [-0.2, 0) is 52.5 Å². The summed E-state index contributed by atoms with van der Waals surface area (Å²) >= 11 is 1.56. The molecule has 0 unspecified atom stereocenters. The van der Waals surface area contributed by atoms with Gasteiger partial charge in [0.15, 0.2) is 5.82 Å². The highest BCUT2D eigenvalue weighted by molar-refractivity contribution is 7.09. The monoisotopic (exact) mass is 1820 g/mol. The van der Waals surface area contributed by atoms with Crippen molar-refractivity contribution < 1.29 is 32.9 Å². The van der Waals surface area contributed by atoms with Gasteiger partial charge in [-0.2, -0.15) is 5.10 Å². The van der Waals surface area contributed by atoms with Crippen LogP contribution in [0, 0.1) is 23.3 Å². The van der Waals surface area contributed by atoms with Gasteiger partial charge in [0.25, 0.3) is 0 Å². The van der Waals surface area contributed by atoms with Crippen LogP contribution in [0.2, 0.25) is 0 Å². The first kappa shape index (κ1) is 88.6. The summed E-state index contributed by atoms with van der Waals surface area (Å²) in [6.07, 6.45) is 19.5. The van der Waals surface area contributed by atoms with Gasteiger partial charge in [-0.3, -0.25) is 32.5 Å². The summed E-state index contributed by atoms with van der Waals surface area (Å²) in [7, 11) is 5.68. The van der Waals surface area contributed by atoms with Crippen LogP contribution in [-0.4, -0.2) is 149 Å². The summed E-state index contributed by atoms with van der Waals surface area (Å²) in [6, 6.07) is 65.8. The number of H-pyrrole nitrogens is 3. The molecular weight excluding hydrogens is 1740 g/mol. The molecule has 0 bridgehead atoms. The summed E-state index contributed by atoms with van der Waals surface area (Å²) in [5.41, 5.74) is 23.4. The number of aliphatic hydroxyl groups is 3. The Hall–Kier alpha value is -17.1. The number of rotatable bonds is 26. The number of thiazole rings is 1. The van der Waals surface area contributed by atoms with E-state index < -0.39 is 0 Å². The number of anilines is 4. The van der Waals surface area contributed by atoms with Crippen molar-refractivity contribution in [3.05, 3.63) is 376 Å². The minimum Gasteiger partial charge on any atom is -0.392 e. The highest BCUT2D eigenvalue weighted by Gasteiger charge is 2.25. The molecule has 0 aliphatic heterocycles. The number of aliphatic hydroxyl groups excluding tert-OH is 3. The van der Waals surface area contributed by atoms with E-state index in [-0.39, 0.29) is 48.8 Å². The van der Waals surface area contributed by atoms with Crippen molar-refractivity contribution >= 4 is 57.7 Å². The molecule has 0 saturated heterocycles. The van der Waals surface area contributed by atoms with Gasteiger partial charge in [-0.1, -0.05) is 48.5 Å². The van der Waals surface area contributed by atoms with Crippen molar-refractivity contribution in [2.45, 2.75) is 52.5 Å². The van der Waals surface area contributed by atoms with Crippen LogP contribution in [0.1, 0.15) is 44.1 Å². The fraction of sp³-hybridized carbons (Fsp3) is 0.111. The Labute approximate surface area is 771 Å². The molecule has 0 saturated carbocycles. The van der Waals surface area contributed by atoms with Crippen molar-refractivity contribution in [1.29, 1.82) is 0 Å². The van der Waals surface area contributed by atoms with Crippen molar-refractivity contribution in [3.63, 3.8) is 0 Å². The molecular formula is C99H83F4N27O4S. The molecule has 0 fully saturated rings. The number of benzene rings is 6. The summed E-state index contributed by atoms with van der Waals surface area (Å²) in [4.78, 5) is 85.7. The Morgan fingerprint density at radius 3 is 1.26 bits per heavy atom. The second kappa shape index (κ2) is 40.5. The molecule has 9 N–H and O–H groups in total. The van der Waals surface area contributed by atoms with Crippen molar-refractivity contribution in [3.8, 4) is 102 Å². The second-order valence-electron chi connectivity index (χ2n) is 31.1. The Kier molecular flexibility index (Phi) is 26.6. The Balaban J connectivity index is 0.000000120. The van der Waals surface area contributed by atoms with Crippen LogP contribution < -0.4 is 26.5 Å². The van der Waals surface area contributed by atoms with Crippen molar-refractivity contribution in [2.75, 3.05) is 42.0 Å². The number of hydrogen-bond donors (Lipinski definition) is 9. The molecule has 135 heavy (non-hydrogen) atoms. The molecule has 31 nitrogen and oxygen atoms in total. The van der Waals surface area contributed by atoms with Gasteiger partial charge < -0.3 is 41.2 Å². The smallest absolute Gasteiger partial charge is 0.340 e. The average Bonchev–Trinajstić information content (AvgIpc) is 1.63. The van der Waals surface area contributed by atoms with Crippen molar-refractivity contribution in [2.24, 2.45) is 0 Å². The summed E-state index contributed by atoms with van der Waals surface area (Å²) in [5.74, 6) is 1.10. The van der Waals surface area contributed by atoms with E-state index in [1.165, 1.54) is 54.1 Å². The Morgan fingerprint density at radius 1 is 0.407 bits per heavy atom. The third kappa shape index (κ3) is 20.6. The Morgan fingerprint density at radius 2 is 0.830 bits per heavy atom. The van der Waals surface area contributed by atoms with Crippen LogP contribution >= 0.6 is 11.3 Å². The molecule has 15 heterocycles. The van der Waals surface area contributed by atoms with E-state index in [1.54, 1.807) is 146 Å². The standard InChI is InChI=1S/C28H22FN7O.C27H25FN6.C22H19FN8O2.C22H17FN6OS/c29-22-6-4-20(5-7-22)26-27(36-11-9-19(16-37)13-25(36)35-26)23-8-10-31-28(34-23)32-14-18-2-1-3-21(12-18)24-15-30-17-33-24;1-29-27-30-14-12-23(31-27)26-25(21-8-10-22(28)11-9-21)32-24-16-20(13-15-34(24)26)18-33(2)17-19-6-4-3-5-7-19;1-30(11-17-26-22(33)29-28-17)21-24-8-6-16(25-21)20-19(14-2-4-15(23)5-3-14)27-18-10-13(12-32)7-9-31(18)20;23-16-3-1-15(2-4-16)20-21(29-8-6-14(12-30)9-19(29)28-20)18-5-7-25-22(27-18)26-11-17-10-24-13-31-17/h1-13,15,17,37H,14,16H2,(H,30,33)(H,31,32,34);3-16H,17-18H2,1-2H3,(H,29,30,31);2-10,32H,11-12H2,1H3,(H2,26,28,29,33);1-10,13,30H,11-12H2,(H,25,26,27). The first-order valence-electron chi connectivity index (χ1n) is 42.4. The van der Waals surface area contributed by atoms with Crippen LogP contribution in [0.4, 0.5) is 41.4 Å². The van der Waals surface area contributed by atoms with E-state index >= 15 is 0 Å². The van der Waals surface area contributed by atoms with Gasteiger partial charge in [0.2, 0.25) is 23.8 Å². The number of fused-ring (bicyclic) bond motifs is 4. The van der Waals surface area contributed by atoms with Gasteiger partial charge in [0, 0.05) is 117 Å². The molecule has 672 valence electrons. The van der Waals surface area contributed by atoms with E-state index in [0.717, 1.165) is 113 Å². The normalized spacial score (nSPS) is 11.2. The molecule has 0 radical (unpaired) electrons. The number of nitrogens with one attached hydrogen (secondary N) is 6. The molecule has 6 aromatic carbocycles. The quantitative estimate of drug-likeness (QED) is 0.0227. The van der Waals surface area contributed by atoms with E-state index in [9.17, 15) is 37.7 Å². The number of nitrogens with zero attached hydrogens (tertiary/aromatic N) is 21. The lowest BCUT2D eigenvalue weighted by Gasteiger charge is -2.17. The van der Waals surface area contributed by atoms with Gasteiger partial charge in [0.05, 0.1) is 125 Å². The molecule has 0 atom stereocenters. The average molecular weight is 1820 g/mol. The second-order valence-corrected chi connectivity index (χ2v) is 32.0. The minimum absolute atomic E-state index is 0.0796. The lowest BCUT2D eigenvalue weighted by molar-refractivity contribution is 0.281. The van der Waals surface area contributed by atoms with E-state index in [0.29, 0.717) is 106 Å². The Bertz CT molecular complexity index is 7730. The number of aromatic amines is 3. The number of aromatic nitrogens is 22. The first-order chi connectivity index (χ1) is 66.0. The third-order valence-corrected chi connectivity index (χ3v) is 22.5. The largest absolute Gasteiger partial charge is 0.392 e. The number of imidazole rings is 5. The zero-order chi connectivity index (χ0) is 92.8. The van der Waals surface area contributed by atoms with Crippen LogP contribution in [0.15, 0.2) is 303 Å². The van der Waals surface area contributed by atoms with Gasteiger partial charge in [0.1, 0.15) is 45.9 Å². The molecule has 0 aliphatic rings. The fourth-order valence-corrected chi connectivity index (χ4v) is 15.8. The van der Waals surface area contributed by atoms with Gasteiger partial charge in [-0.25, -0.2) is 92.2 Å². The van der Waals surface area contributed by atoms with Crippen molar-refractivity contribution in [1.82, 2.24) is 112 Å². The van der Waals surface area contributed by atoms with E-state index in [2.05, 4.69) is 130 Å². The van der Waals surface area contributed by atoms with Gasteiger partial charge in [-0.05, 0) is 222 Å². The maximum absolute atomic E-state index is 13.6. The predicted molar refractivity (Wildman–Crippen MR) is 507 cm³/mol. The molecule has 36 heteroatoms. The first-order valence-corrected chi connectivity index (χ1v) is 43.3. The zero-order valence-electron chi connectivity index (χ0n) is 72.5. The molecule has 21 aromatic rings. The van der Waals surface area contributed by atoms with Gasteiger partial charge in [-0.15, -0.1) is 11.3 Å². The number of hydrogen-bond acceptors (Lipinski definition) is 25. The summed E-state index contributed by atoms with van der Waals surface area (Å²) in [6.45, 7) is 2.77. The highest BCUT2D eigenvalue weighted by Crippen LogP contribution is 2.39. The number of halogens is 4. The predicted octanol–water partition coefficient (Wildman–Crippen LogP) is 16.7. The molecule has 0 amide bonds. The van der Waals surface area contributed by atoms with Crippen LogP contribution in [0.5, 0.6) is 0 Å². The molecule has 15 aromatic heterocycles. The van der Waals surface area contributed by atoms with Gasteiger partial charge >= 0.3 is 5.69 Å². The zero-order valence-corrected chi connectivity index (χ0v) is 73.3. The third-order valence-electron chi connectivity index (χ3n) is 21.7. The highest BCUT2D eigenvalue weighted by atomic mass is 32.1.